The van der Waals surface area contributed by atoms with Crippen molar-refractivity contribution >= 4 is 28.1 Å². The molecule has 1 amide bonds. The number of anilines is 1. The number of benzene rings is 2. The Morgan fingerprint density at radius 1 is 1.07 bits per heavy atom. The smallest absolute Gasteiger partial charge is 0.248 e. The van der Waals surface area contributed by atoms with Crippen molar-refractivity contribution in [3.8, 4) is 17.2 Å². The summed E-state index contributed by atoms with van der Waals surface area (Å²) in [5.74, 6) is 1.59. The van der Waals surface area contributed by atoms with Crippen LogP contribution in [0.3, 0.4) is 0 Å². The van der Waals surface area contributed by atoms with Gasteiger partial charge in [0.1, 0.15) is 22.8 Å². The minimum absolute atomic E-state index is 0.269. The van der Waals surface area contributed by atoms with E-state index in [4.69, 9.17) is 18.6 Å². The van der Waals surface area contributed by atoms with Crippen LogP contribution in [0.5, 0.6) is 17.2 Å². The van der Waals surface area contributed by atoms with Crippen molar-refractivity contribution in [2.75, 3.05) is 26.6 Å². The van der Waals surface area contributed by atoms with E-state index in [1.165, 1.54) is 0 Å². The third kappa shape index (κ3) is 3.92. The largest absolute Gasteiger partial charge is 0.497 e. The highest BCUT2D eigenvalue weighted by atomic mass is 16.5. The minimum atomic E-state index is -0.269. The average molecular weight is 395 g/mol. The normalized spacial score (nSPS) is 11.4. The van der Waals surface area contributed by atoms with Gasteiger partial charge in [0.2, 0.25) is 5.91 Å². The molecule has 0 aliphatic rings. The van der Waals surface area contributed by atoms with Crippen LogP contribution in [0.1, 0.15) is 23.6 Å². The Bertz CT molecular complexity index is 1090. The summed E-state index contributed by atoms with van der Waals surface area (Å²) in [6, 6.07) is 7.21. The number of hydrogen-bond acceptors (Lipinski definition) is 5. The van der Waals surface area contributed by atoms with Gasteiger partial charge in [0.15, 0.2) is 0 Å². The van der Waals surface area contributed by atoms with Crippen LogP contribution in [0.2, 0.25) is 0 Å². The lowest BCUT2D eigenvalue weighted by atomic mass is 9.98. The maximum absolute atomic E-state index is 12.7. The van der Waals surface area contributed by atoms with Gasteiger partial charge < -0.3 is 23.9 Å². The molecule has 0 aliphatic heterocycles. The fourth-order valence-electron chi connectivity index (χ4n) is 3.34. The number of allylic oxidation sites excluding steroid dienone is 1. The number of rotatable bonds is 6. The molecule has 0 saturated carbocycles. The van der Waals surface area contributed by atoms with Crippen molar-refractivity contribution in [1.29, 1.82) is 0 Å². The number of nitrogens with one attached hydrogen (secondary N) is 1. The van der Waals surface area contributed by atoms with Crippen LogP contribution in [0.15, 0.2) is 41.0 Å². The Hall–Kier alpha value is -3.41. The Kier molecular flexibility index (Phi) is 5.82. The zero-order valence-electron chi connectivity index (χ0n) is 17.5. The maximum atomic E-state index is 12.7. The Balaban J connectivity index is 1.95. The molecule has 3 rings (SSSR count). The van der Waals surface area contributed by atoms with Crippen LogP contribution in [-0.4, -0.2) is 27.2 Å². The van der Waals surface area contributed by atoms with E-state index in [1.54, 1.807) is 51.9 Å². The molecule has 152 valence electrons. The zero-order chi connectivity index (χ0) is 21.1. The summed E-state index contributed by atoms with van der Waals surface area (Å²) >= 11 is 0. The fraction of sp³-hybridized carbons (Fsp3) is 0.261. The lowest BCUT2D eigenvalue weighted by molar-refractivity contribution is -0.111. The molecule has 1 N–H and O–H groups in total. The maximum Gasteiger partial charge on any atom is 0.248 e. The summed E-state index contributed by atoms with van der Waals surface area (Å²) < 4.78 is 21.8. The lowest BCUT2D eigenvalue weighted by Gasteiger charge is -2.14. The summed E-state index contributed by atoms with van der Waals surface area (Å²) in [5.41, 5.74) is 4.91. The van der Waals surface area contributed by atoms with E-state index in [1.807, 2.05) is 26.8 Å². The number of fused-ring (bicyclic) bond motifs is 1. The Morgan fingerprint density at radius 3 is 2.48 bits per heavy atom. The number of carbonyl (C=O) groups is 1. The highest BCUT2D eigenvalue weighted by Crippen LogP contribution is 2.37. The van der Waals surface area contributed by atoms with Gasteiger partial charge in [-0.05, 0) is 50.1 Å². The quantitative estimate of drug-likeness (QED) is 0.587. The number of ether oxygens (including phenoxy) is 3. The van der Waals surface area contributed by atoms with Gasteiger partial charge in [-0.2, -0.15) is 0 Å². The number of carbonyl (C=O) groups excluding carboxylic acids is 1. The highest BCUT2D eigenvalue weighted by Gasteiger charge is 2.17. The predicted octanol–water partition coefficient (Wildman–Crippen LogP) is 5.12. The second-order valence-electron chi connectivity index (χ2n) is 6.76. The van der Waals surface area contributed by atoms with Gasteiger partial charge in [-0.15, -0.1) is 0 Å². The van der Waals surface area contributed by atoms with Crippen molar-refractivity contribution < 1.29 is 23.4 Å². The van der Waals surface area contributed by atoms with Gasteiger partial charge in [-0.1, -0.05) is 0 Å². The van der Waals surface area contributed by atoms with E-state index in [9.17, 15) is 4.79 Å². The molecule has 0 bridgehead atoms. The van der Waals surface area contributed by atoms with Crippen LogP contribution in [0.4, 0.5) is 5.69 Å². The molecule has 1 aromatic heterocycles. The molecule has 6 heteroatoms. The molecule has 2 aromatic carbocycles. The van der Waals surface area contributed by atoms with Crippen molar-refractivity contribution in [2.24, 2.45) is 0 Å². The molecule has 0 radical (unpaired) electrons. The number of methoxy groups -OCH3 is 3. The van der Waals surface area contributed by atoms with Gasteiger partial charge in [0.05, 0.1) is 33.3 Å². The van der Waals surface area contributed by atoms with Gasteiger partial charge in [0.25, 0.3) is 0 Å². The molecular weight excluding hydrogens is 370 g/mol. The molecule has 6 nitrogen and oxygen atoms in total. The molecule has 0 unspecified atom stereocenters. The van der Waals surface area contributed by atoms with Gasteiger partial charge in [-0.25, -0.2) is 0 Å². The molecule has 0 fully saturated rings. The van der Waals surface area contributed by atoms with E-state index in [0.717, 1.165) is 33.2 Å². The Labute approximate surface area is 170 Å². The summed E-state index contributed by atoms with van der Waals surface area (Å²) in [6.07, 6.45) is 3.27. The number of furan rings is 1. The van der Waals surface area contributed by atoms with Crippen LogP contribution < -0.4 is 19.5 Å². The topological polar surface area (TPSA) is 69.9 Å². The summed E-state index contributed by atoms with van der Waals surface area (Å²) in [5, 5.41) is 3.86. The minimum Gasteiger partial charge on any atom is -0.497 e. The molecule has 1 heterocycles. The van der Waals surface area contributed by atoms with Gasteiger partial charge in [-0.3, -0.25) is 4.79 Å². The fourth-order valence-corrected chi connectivity index (χ4v) is 3.34. The van der Waals surface area contributed by atoms with Gasteiger partial charge >= 0.3 is 0 Å². The van der Waals surface area contributed by atoms with Crippen LogP contribution in [0, 0.1) is 13.8 Å². The first-order valence-corrected chi connectivity index (χ1v) is 9.16. The summed E-state index contributed by atoms with van der Waals surface area (Å²) in [6.45, 7) is 5.82. The van der Waals surface area contributed by atoms with E-state index in [-0.39, 0.29) is 5.91 Å². The molecular formula is C23H25NO5. The van der Waals surface area contributed by atoms with E-state index >= 15 is 0 Å². The van der Waals surface area contributed by atoms with Crippen LogP contribution >= 0.6 is 0 Å². The molecule has 0 saturated heterocycles. The second kappa shape index (κ2) is 8.31. The third-order valence-corrected chi connectivity index (χ3v) is 4.88. The lowest BCUT2D eigenvalue weighted by Crippen LogP contribution is -2.10. The molecule has 0 aliphatic carbocycles. The average Bonchev–Trinajstić information content (AvgIpc) is 3.09. The van der Waals surface area contributed by atoms with Crippen LogP contribution in [0.25, 0.3) is 16.5 Å². The summed E-state index contributed by atoms with van der Waals surface area (Å²) in [4.78, 5) is 12.7. The molecule has 29 heavy (non-hydrogen) atoms. The van der Waals surface area contributed by atoms with Crippen molar-refractivity contribution in [3.63, 3.8) is 0 Å². The number of aryl methyl sites for hydroxylation is 2. The molecule has 0 spiro atoms. The molecule has 0 atom stereocenters. The van der Waals surface area contributed by atoms with Crippen LogP contribution in [-0.2, 0) is 4.79 Å². The second-order valence-corrected chi connectivity index (χ2v) is 6.76. The molecule has 3 aromatic rings. The van der Waals surface area contributed by atoms with Gasteiger partial charge in [0, 0.05) is 28.7 Å². The first kappa shape index (κ1) is 20.3. The standard InChI is InChI=1S/C23H25NO5/c1-13(9-21(25)24-19-8-7-16(26-4)10-20(19)27-5)17-11-18-14(2)12-29-23(18)15(3)22(17)28-6/h7-12H,1-6H3,(H,24,25)/b13-9+. The first-order chi connectivity index (χ1) is 13.9. The first-order valence-electron chi connectivity index (χ1n) is 9.16. The number of hydrogen-bond donors (Lipinski definition) is 1. The third-order valence-electron chi connectivity index (χ3n) is 4.88. The van der Waals surface area contributed by atoms with Crippen molar-refractivity contribution in [3.05, 3.63) is 53.3 Å². The highest BCUT2D eigenvalue weighted by molar-refractivity contribution is 6.05. The monoisotopic (exact) mass is 395 g/mol. The van der Waals surface area contributed by atoms with Crippen molar-refractivity contribution in [2.45, 2.75) is 20.8 Å². The Morgan fingerprint density at radius 2 is 1.83 bits per heavy atom. The van der Waals surface area contributed by atoms with E-state index in [0.29, 0.717) is 22.9 Å². The summed E-state index contributed by atoms with van der Waals surface area (Å²) in [7, 11) is 4.73. The van der Waals surface area contributed by atoms with Crippen molar-refractivity contribution in [1.82, 2.24) is 0 Å². The SMILES string of the molecule is COc1ccc(NC(=O)/C=C(\C)c2cc3c(C)coc3c(C)c2OC)c(OC)c1. The predicted molar refractivity (Wildman–Crippen MR) is 114 cm³/mol. The van der Waals surface area contributed by atoms with E-state index in [2.05, 4.69) is 5.32 Å². The van der Waals surface area contributed by atoms with E-state index < -0.39 is 0 Å². The zero-order valence-corrected chi connectivity index (χ0v) is 17.5. The number of amides is 1.